The Bertz CT molecular complexity index is 70.9. The number of hydrogen-bond donors (Lipinski definition) is 0. The molecule has 0 bridgehead atoms. The molecule has 1 nitrogen and oxygen atoms in total. The van der Waals surface area contributed by atoms with Gasteiger partial charge in [0.15, 0.2) is 0 Å². The smallest absolute Gasteiger partial charge is 0.0846 e. The Morgan fingerprint density at radius 2 is 2.25 bits per heavy atom. The minimum Gasteiger partial charge on any atom is -0.286 e. The van der Waals surface area contributed by atoms with Gasteiger partial charge in [-0.2, -0.15) is 0 Å². The summed E-state index contributed by atoms with van der Waals surface area (Å²) >= 11 is 1.87. The standard InChI is InChI=1S/C4H7NS.C2H6/c1-4-2-5-3-6-4;1-2/h2,4H,3H2,1H3;1-2H3. The number of thioether (sulfide) groups is 1. The van der Waals surface area contributed by atoms with Crippen molar-refractivity contribution in [2.24, 2.45) is 4.99 Å². The Labute approximate surface area is 55.6 Å². The van der Waals surface area contributed by atoms with Gasteiger partial charge in [-0.05, 0) is 6.92 Å². The van der Waals surface area contributed by atoms with Crippen molar-refractivity contribution in [3.05, 3.63) is 0 Å². The monoisotopic (exact) mass is 131 g/mol. The summed E-state index contributed by atoms with van der Waals surface area (Å²) in [5.41, 5.74) is 0. The molecule has 0 radical (unpaired) electrons. The summed E-state index contributed by atoms with van der Waals surface area (Å²) in [5.74, 6) is 0.973. The number of hydrogen-bond acceptors (Lipinski definition) is 2. The first kappa shape index (κ1) is 8.02. The summed E-state index contributed by atoms with van der Waals surface area (Å²) in [5, 5.41) is 0.671. The third-order valence-corrected chi connectivity index (χ3v) is 1.67. The fraction of sp³-hybridized carbons (Fsp3) is 0.833. The predicted molar refractivity (Wildman–Crippen MR) is 41.8 cm³/mol. The van der Waals surface area contributed by atoms with E-state index in [0.29, 0.717) is 5.25 Å². The maximum absolute atomic E-state index is 4.00. The van der Waals surface area contributed by atoms with Gasteiger partial charge in [-0.25, -0.2) is 0 Å². The van der Waals surface area contributed by atoms with E-state index in [4.69, 9.17) is 0 Å². The lowest BCUT2D eigenvalue weighted by Crippen LogP contribution is -1.87. The van der Waals surface area contributed by atoms with Crippen LogP contribution < -0.4 is 0 Å². The summed E-state index contributed by atoms with van der Waals surface area (Å²) in [6.07, 6.45) is 1.99. The van der Waals surface area contributed by atoms with E-state index >= 15 is 0 Å². The zero-order valence-electron chi connectivity index (χ0n) is 5.72. The second-order valence-corrected chi connectivity index (χ2v) is 2.67. The fourth-order valence-electron chi connectivity index (χ4n) is 0.395. The van der Waals surface area contributed by atoms with Crippen LogP contribution in [0.5, 0.6) is 0 Å². The van der Waals surface area contributed by atoms with E-state index in [2.05, 4.69) is 11.9 Å². The minimum atomic E-state index is 0.671. The highest BCUT2D eigenvalue weighted by atomic mass is 32.2. The molecule has 0 amide bonds. The molecule has 0 saturated heterocycles. The molecule has 1 rings (SSSR count). The average molecular weight is 131 g/mol. The van der Waals surface area contributed by atoms with Crippen LogP contribution in [0.1, 0.15) is 20.8 Å². The first-order valence-electron chi connectivity index (χ1n) is 3.01. The third-order valence-electron chi connectivity index (χ3n) is 0.727. The van der Waals surface area contributed by atoms with Gasteiger partial charge in [-0.15, -0.1) is 11.8 Å². The van der Waals surface area contributed by atoms with Crippen LogP contribution in [0.2, 0.25) is 0 Å². The Morgan fingerprint density at radius 1 is 1.62 bits per heavy atom. The molecule has 0 aromatic carbocycles. The Kier molecular flexibility index (Phi) is 5.18. The van der Waals surface area contributed by atoms with Gasteiger partial charge in [0, 0.05) is 11.5 Å². The van der Waals surface area contributed by atoms with Crippen molar-refractivity contribution < 1.29 is 0 Å². The highest BCUT2D eigenvalue weighted by Gasteiger charge is 2.00. The summed E-state index contributed by atoms with van der Waals surface area (Å²) in [7, 11) is 0. The number of aliphatic imine (C=N–C) groups is 1. The zero-order chi connectivity index (χ0) is 6.41. The SMILES string of the molecule is CC.CC1C=NCS1. The van der Waals surface area contributed by atoms with Crippen LogP contribution >= 0.6 is 11.8 Å². The molecule has 1 aliphatic heterocycles. The number of rotatable bonds is 0. The van der Waals surface area contributed by atoms with Crippen molar-refractivity contribution in [1.82, 2.24) is 0 Å². The van der Waals surface area contributed by atoms with Gasteiger partial charge in [0.25, 0.3) is 0 Å². The molecule has 0 saturated carbocycles. The molecule has 0 N–H and O–H groups in total. The third kappa shape index (κ3) is 3.08. The van der Waals surface area contributed by atoms with Gasteiger partial charge in [-0.3, -0.25) is 4.99 Å². The molecule has 0 aromatic heterocycles. The molecule has 1 aliphatic rings. The van der Waals surface area contributed by atoms with E-state index in [1.165, 1.54) is 0 Å². The lowest BCUT2D eigenvalue weighted by atomic mass is 10.5. The highest BCUT2D eigenvalue weighted by Crippen LogP contribution is 2.12. The minimum absolute atomic E-state index is 0.671. The summed E-state index contributed by atoms with van der Waals surface area (Å²) in [6.45, 7) is 6.15. The van der Waals surface area contributed by atoms with Crippen LogP contribution in [0.3, 0.4) is 0 Å². The molecule has 2 heteroatoms. The predicted octanol–water partition coefficient (Wildman–Crippen LogP) is 2.18. The van der Waals surface area contributed by atoms with Crippen molar-refractivity contribution in [3.63, 3.8) is 0 Å². The van der Waals surface area contributed by atoms with Crippen molar-refractivity contribution >= 4 is 18.0 Å². The van der Waals surface area contributed by atoms with E-state index in [1.807, 2.05) is 31.8 Å². The normalized spacial score (nSPS) is 24.6. The lowest BCUT2D eigenvalue weighted by Gasteiger charge is -1.86. The van der Waals surface area contributed by atoms with Gasteiger partial charge in [-0.1, -0.05) is 13.8 Å². The molecule has 0 aromatic rings. The summed E-state index contributed by atoms with van der Waals surface area (Å²) in [6, 6.07) is 0. The van der Waals surface area contributed by atoms with Crippen molar-refractivity contribution in [3.8, 4) is 0 Å². The van der Waals surface area contributed by atoms with Crippen molar-refractivity contribution in [1.29, 1.82) is 0 Å². The largest absolute Gasteiger partial charge is 0.286 e. The van der Waals surface area contributed by atoms with Crippen LogP contribution in [-0.2, 0) is 0 Å². The molecule has 0 spiro atoms. The van der Waals surface area contributed by atoms with Gasteiger partial charge in [0.05, 0.1) is 5.88 Å². The lowest BCUT2D eigenvalue weighted by molar-refractivity contribution is 1.36. The van der Waals surface area contributed by atoms with Crippen molar-refractivity contribution in [2.45, 2.75) is 26.0 Å². The average Bonchev–Trinajstić information content (AvgIpc) is 2.24. The molecule has 0 aliphatic carbocycles. The highest BCUT2D eigenvalue weighted by molar-refractivity contribution is 8.00. The molecule has 1 unspecified atom stereocenters. The summed E-state index contributed by atoms with van der Waals surface area (Å²) < 4.78 is 0. The maximum atomic E-state index is 4.00. The number of nitrogens with zero attached hydrogens (tertiary/aromatic N) is 1. The van der Waals surface area contributed by atoms with Crippen LogP contribution in [-0.4, -0.2) is 17.3 Å². The zero-order valence-corrected chi connectivity index (χ0v) is 6.53. The second kappa shape index (κ2) is 5.16. The van der Waals surface area contributed by atoms with E-state index < -0.39 is 0 Å². The molecular formula is C6H13NS. The van der Waals surface area contributed by atoms with Crippen molar-refractivity contribution in [2.75, 3.05) is 5.88 Å². The van der Waals surface area contributed by atoms with Gasteiger partial charge < -0.3 is 0 Å². The first-order valence-corrected chi connectivity index (χ1v) is 4.06. The summed E-state index contributed by atoms with van der Waals surface area (Å²) in [4.78, 5) is 4.00. The Hall–Kier alpha value is 0.0200. The molecule has 1 heterocycles. The van der Waals surface area contributed by atoms with E-state index in [0.717, 1.165) is 5.88 Å². The molecular weight excluding hydrogens is 118 g/mol. The van der Waals surface area contributed by atoms with Crippen LogP contribution in [0.25, 0.3) is 0 Å². The molecule has 1 atom stereocenters. The molecule has 8 heavy (non-hydrogen) atoms. The Balaban J connectivity index is 0.000000222. The van der Waals surface area contributed by atoms with Gasteiger partial charge >= 0.3 is 0 Å². The van der Waals surface area contributed by atoms with Crippen LogP contribution in [0.4, 0.5) is 0 Å². The van der Waals surface area contributed by atoms with Crippen LogP contribution in [0.15, 0.2) is 4.99 Å². The van der Waals surface area contributed by atoms with E-state index in [9.17, 15) is 0 Å². The van der Waals surface area contributed by atoms with Gasteiger partial charge in [0.1, 0.15) is 0 Å². The van der Waals surface area contributed by atoms with Gasteiger partial charge in [0.2, 0.25) is 0 Å². The quantitative estimate of drug-likeness (QED) is 0.491. The fourth-order valence-corrected chi connectivity index (χ4v) is 0.975. The molecule has 48 valence electrons. The topological polar surface area (TPSA) is 12.4 Å². The first-order chi connectivity index (χ1) is 3.89. The molecule has 0 fully saturated rings. The Morgan fingerprint density at radius 3 is 2.38 bits per heavy atom. The maximum Gasteiger partial charge on any atom is 0.0846 e. The van der Waals surface area contributed by atoms with E-state index in [-0.39, 0.29) is 0 Å². The second-order valence-electron chi connectivity index (χ2n) is 1.33. The van der Waals surface area contributed by atoms with Crippen LogP contribution in [0, 0.1) is 0 Å². The van der Waals surface area contributed by atoms with E-state index in [1.54, 1.807) is 0 Å².